The summed E-state index contributed by atoms with van der Waals surface area (Å²) >= 11 is 14.8. The Morgan fingerprint density at radius 3 is 2.45 bits per heavy atom. The molecule has 0 amide bonds. The summed E-state index contributed by atoms with van der Waals surface area (Å²) in [7, 11) is 0. The second-order valence-corrected chi connectivity index (χ2v) is 3.83. The third kappa shape index (κ3) is 2.22. The van der Waals surface area contributed by atoms with Crippen molar-refractivity contribution >= 4 is 43.6 Å². The van der Waals surface area contributed by atoms with E-state index in [2.05, 4.69) is 22.5 Å². The van der Waals surface area contributed by atoms with Gasteiger partial charge in [-0.15, -0.1) is 0 Å². The smallest absolute Gasteiger partial charge is 0.0490 e. The Balaban J connectivity index is 3.23. The Kier molecular flexibility index (Phi) is 2.99. The average molecular weight is 252 g/mol. The molecule has 58 valence electrons. The summed E-state index contributed by atoms with van der Waals surface area (Å²) in [6.07, 6.45) is 0. The number of hydrogen-bond acceptors (Lipinski definition) is 0. The van der Waals surface area contributed by atoms with Crippen LogP contribution in [0.5, 0.6) is 0 Å². The largest absolute Gasteiger partial charge is 0.0843 e. The molecule has 0 bridgehead atoms. The van der Waals surface area contributed by atoms with Crippen molar-refractivity contribution in [1.82, 2.24) is 0 Å². The van der Waals surface area contributed by atoms with Crippen LogP contribution >= 0.6 is 39.1 Å². The van der Waals surface area contributed by atoms with Crippen molar-refractivity contribution in [1.29, 1.82) is 0 Å². The molecule has 0 aliphatic carbocycles. The topological polar surface area (TPSA) is 0 Å². The molecular weight excluding hydrogens is 247 g/mol. The quantitative estimate of drug-likeness (QED) is 0.696. The zero-order chi connectivity index (χ0) is 8.43. The predicted octanol–water partition coefficient (Wildman–Crippen LogP) is 4.36. The minimum absolute atomic E-state index is 0.649. The van der Waals surface area contributed by atoms with Crippen molar-refractivity contribution in [2.75, 3.05) is 0 Å². The standard InChI is InChI=1S/C8H5BrCl2/c1-5(9)7-4-6(10)2-3-8(7)11/h2-4H,1H2. The first-order valence-corrected chi connectivity index (χ1v) is 4.46. The van der Waals surface area contributed by atoms with Gasteiger partial charge in [0.15, 0.2) is 0 Å². The monoisotopic (exact) mass is 250 g/mol. The molecule has 0 aromatic heterocycles. The van der Waals surface area contributed by atoms with Gasteiger partial charge in [0.1, 0.15) is 0 Å². The number of hydrogen-bond donors (Lipinski definition) is 0. The molecule has 0 aliphatic rings. The van der Waals surface area contributed by atoms with Gasteiger partial charge in [-0.2, -0.15) is 0 Å². The molecule has 0 atom stereocenters. The summed E-state index contributed by atoms with van der Waals surface area (Å²) in [6, 6.07) is 5.25. The summed E-state index contributed by atoms with van der Waals surface area (Å²) in [4.78, 5) is 0. The molecule has 0 N–H and O–H groups in total. The lowest BCUT2D eigenvalue weighted by Crippen LogP contribution is -1.77. The molecule has 0 nitrogen and oxygen atoms in total. The lowest BCUT2D eigenvalue weighted by Gasteiger charge is -2.00. The van der Waals surface area contributed by atoms with Crippen LogP contribution in [0, 0.1) is 0 Å². The Bertz CT molecular complexity index is 294. The molecule has 0 fully saturated rings. The molecule has 0 spiro atoms. The predicted molar refractivity (Wildman–Crippen MR) is 54.4 cm³/mol. The highest BCUT2D eigenvalue weighted by Crippen LogP contribution is 2.29. The van der Waals surface area contributed by atoms with Crippen molar-refractivity contribution in [2.24, 2.45) is 0 Å². The van der Waals surface area contributed by atoms with E-state index in [0.717, 1.165) is 10.0 Å². The molecule has 1 aromatic carbocycles. The molecule has 0 radical (unpaired) electrons. The van der Waals surface area contributed by atoms with Crippen LogP contribution in [0.15, 0.2) is 24.8 Å². The third-order valence-electron chi connectivity index (χ3n) is 1.22. The van der Waals surface area contributed by atoms with Gasteiger partial charge >= 0.3 is 0 Å². The van der Waals surface area contributed by atoms with Crippen LogP contribution in [0.3, 0.4) is 0 Å². The molecule has 1 aromatic rings. The molecule has 3 heteroatoms. The van der Waals surface area contributed by atoms with Gasteiger partial charge in [-0.25, -0.2) is 0 Å². The third-order valence-corrected chi connectivity index (χ3v) is 2.21. The van der Waals surface area contributed by atoms with E-state index in [9.17, 15) is 0 Å². The minimum Gasteiger partial charge on any atom is -0.0843 e. The van der Waals surface area contributed by atoms with Crippen LogP contribution in [0.4, 0.5) is 0 Å². The summed E-state index contributed by atoms with van der Waals surface area (Å²) in [5.41, 5.74) is 0.833. The fourth-order valence-corrected chi connectivity index (χ4v) is 1.55. The highest BCUT2D eigenvalue weighted by Gasteiger charge is 2.01. The van der Waals surface area contributed by atoms with E-state index in [1.807, 2.05) is 0 Å². The van der Waals surface area contributed by atoms with E-state index in [-0.39, 0.29) is 0 Å². The van der Waals surface area contributed by atoms with Crippen LogP contribution < -0.4 is 0 Å². The Hall–Kier alpha value is 0.0200. The normalized spacial score (nSPS) is 9.73. The molecule has 0 heterocycles. The van der Waals surface area contributed by atoms with Crippen LogP contribution in [-0.2, 0) is 0 Å². The van der Waals surface area contributed by atoms with E-state index >= 15 is 0 Å². The Morgan fingerprint density at radius 2 is 2.00 bits per heavy atom. The van der Waals surface area contributed by atoms with Crippen molar-refractivity contribution < 1.29 is 0 Å². The summed E-state index contributed by atoms with van der Waals surface area (Å²) in [5.74, 6) is 0. The van der Waals surface area contributed by atoms with E-state index < -0.39 is 0 Å². The van der Waals surface area contributed by atoms with Gasteiger partial charge in [0.2, 0.25) is 0 Å². The van der Waals surface area contributed by atoms with Crippen LogP contribution in [0.2, 0.25) is 10.0 Å². The number of rotatable bonds is 1. The zero-order valence-electron chi connectivity index (χ0n) is 5.57. The Labute approximate surface area is 83.9 Å². The van der Waals surface area contributed by atoms with Gasteiger partial charge in [0.05, 0.1) is 0 Å². The van der Waals surface area contributed by atoms with Gasteiger partial charge in [0.25, 0.3) is 0 Å². The van der Waals surface area contributed by atoms with E-state index in [0.29, 0.717) is 10.0 Å². The van der Waals surface area contributed by atoms with E-state index in [1.165, 1.54) is 0 Å². The number of halogens is 3. The van der Waals surface area contributed by atoms with Gasteiger partial charge in [-0.3, -0.25) is 0 Å². The molecule has 0 unspecified atom stereocenters. The summed E-state index contributed by atoms with van der Waals surface area (Å²) in [6.45, 7) is 3.70. The van der Waals surface area contributed by atoms with Crippen molar-refractivity contribution in [2.45, 2.75) is 0 Å². The van der Waals surface area contributed by atoms with Gasteiger partial charge in [-0.1, -0.05) is 45.7 Å². The highest BCUT2D eigenvalue weighted by atomic mass is 79.9. The molecule has 0 aliphatic heterocycles. The SMILES string of the molecule is C=C(Br)c1cc(Cl)ccc1Cl. The highest BCUT2D eigenvalue weighted by molar-refractivity contribution is 9.15. The fraction of sp³-hybridized carbons (Fsp3) is 0. The van der Waals surface area contributed by atoms with Crippen LogP contribution in [0.25, 0.3) is 4.48 Å². The molecule has 0 saturated carbocycles. The second kappa shape index (κ2) is 3.61. The van der Waals surface area contributed by atoms with Crippen LogP contribution in [0.1, 0.15) is 5.56 Å². The van der Waals surface area contributed by atoms with Crippen molar-refractivity contribution in [3.63, 3.8) is 0 Å². The minimum atomic E-state index is 0.649. The molecule has 11 heavy (non-hydrogen) atoms. The maximum Gasteiger partial charge on any atom is 0.0490 e. The van der Waals surface area contributed by atoms with Crippen molar-refractivity contribution in [3.05, 3.63) is 40.4 Å². The van der Waals surface area contributed by atoms with E-state index in [4.69, 9.17) is 23.2 Å². The summed E-state index contributed by atoms with van der Waals surface area (Å²) < 4.78 is 0.741. The molecule has 1 rings (SSSR count). The van der Waals surface area contributed by atoms with Gasteiger partial charge in [-0.05, 0) is 18.2 Å². The Morgan fingerprint density at radius 1 is 1.36 bits per heavy atom. The maximum atomic E-state index is 5.84. The maximum absolute atomic E-state index is 5.84. The first-order chi connectivity index (χ1) is 5.11. The lowest BCUT2D eigenvalue weighted by molar-refractivity contribution is 1.65. The molecule has 0 saturated heterocycles. The fourth-order valence-electron chi connectivity index (χ4n) is 0.705. The summed E-state index contributed by atoms with van der Waals surface area (Å²) in [5, 5.41) is 1.31. The van der Waals surface area contributed by atoms with Crippen LogP contribution in [-0.4, -0.2) is 0 Å². The zero-order valence-corrected chi connectivity index (χ0v) is 8.67. The first kappa shape index (κ1) is 9.11. The molecular formula is C8H5BrCl2. The lowest BCUT2D eigenvalue weighted by atomic mass is 10.2. The first-order valence-electron chi connectivity index (χ1n) is 2.91. The van der Waals surface area contributed by atoms with E-state index in [1.54, 1.807) is 18.2 Å². The van der Waals surface area contributed by atoms with Gasteiger partial charge in [0, 0.05) is 20.1 Å². The second-order valence-electron chi connectivity index (χ2n) is 2.03. The average Bonchev–Trinajstić information content (AvgIpc) is 1.94. The number of benzene rings is 1. The van der Waals surface area contributed by atoms with Gasteiger partial charge < -0.3 is 0 Å². The van der Waals surface area contributed by atoms with Crippen molar-refractivity contribution in [3.8, 4) is 0 Å².